The second kappa shape index (κ2) is 7.27. The smallest absolute Gasteiger partial charge is 0.312 e. The van der Waals surface area contributed by atoms with Gasteiger partial charge in [-0.05, 0) is 63.6 Å². The molecule has 0 bridgehead atoms. The van der Waals surface area contributed by atoms with E-state index in [9.17, 15) is 21.6 Å². The van der Waals surface area contributed by atoms with E-state index in [0.29, 0.717) is 5.92 Å². The summed E-state index contributed by atoms with van der Waals surface area (Å²) in [6, 6.07) is 4.25. The molecule has 3 nitrogen and oxygen atoms in total. The zero-order valence-corrected chi connectivity index (χ0v) is 15.7. The highest BCUT2D eigenvalue weighted by atomic mass is 32.2. The molecule has 0 aromatic heterocycles. The molecule has 0 amide bonds. The van der Waals surface area contributed by atoms with E-state index in [1.54, 1.807) is 13.8 Å². The Morgan fingerprint density at radius 1 is 1.12 bits per heavy atom. The summed E-state index contributed by atoms with van der Waals surface area (Å²) in [5, 5.41) is 3.30. The molecule has 1 saturated carbocycles. The molecular formula is C18H26F3NO2S. The zero-order valence-electron chi connectivity index (χ0n) is 14.9. The minimum absolute atomic E-state index is 0.213. The highest BCUT2D eigenvalue weighted by molar-refractivity contribution is 7.92. The van der Waals surface area contributed by atoms with E-state index >= 15 is 0 Å². The van der Waals surface area contributed by atoms with E-state index in [-0.39, 0.29) is 17.5 Å². The van der Waals surface area contributed by atoms with Gasteiger partial charge in [0.2, 0.25) is 0 Å². The lowest BCUT2D eigenvalue weighted by Crippen LogP contribution is -2.46. The average molecular weight is 377 g/mol. The molecule has 1 aromatic rings. The van der Waals surface area contributed by atoms with Gasteiger partial charge in [-0.1, -0.05) is 13.0 Å². The second-order valence-electron chi connectivity index (χ2n) is 7.63. The number of nitrogens with one attached hydrogen (secondary N) is 1. The van der Waals surface area contributed by atoms with Gasteiger partial charge >= 0.3 is 6.18 Å². The van der Waals surface area contributed by atoms with Gasteiger partial charge in [-0.25, -0.2) is 8.42 Å². The molecule has 25 heavy (non-hydrogen) atoms. The van der Waals surface area contributed by atoms with Crippen LogP contribution in [0.15, 0.2) is 29.2 Å². The Labute approximate surface area is 147 Å². The van der Waals surface area contributed by atoms with Crippen molar-refractivity contribution in [1.82, 2.24) is 5.32 Å². The van der Waals surface area contributed by atoms with E-state index in [2.05, 4.69) is 12.2 Å². The summed E-state index contributed by atoms with van der Waals surface area (Å²) in [6.45, 7) is 5.53. The Hall–Kier alpha value is -1.08. The van der Waals surface area contributed by atoms with Crippen LogP contribution in [0.25, 0.3) is 0 Å². The first-order chi connectivity index (χ1) is 11.4. The number of rotatable bonds is 5. The molecule has 0 spiro atoms. The van der Waals surface area contributed by atoms with Crippen molar-refractivity contribution in [2.75, 3.05) is 6.54 Å². The van der Waals surface area contributed by atoms with Crippen molar-refractivity contribution >= 4 is 9.84 Å². The quantitative estimate of drug-likeness (QED) is 0.826. The van der Waals surface area contributed by atoms with Crippen LogP contribution in [0, 0.1) is 5.92 Å². The molecule has 1 aliphatic carbocycles. The van der Waals surface area contributed by atoms with Crippen LogP contribution < -0.4 is 5.32 Å². The first-order valence-corrected chi connectivity index (χ1v) is 10.1. The fraction of sp³-hybridized carbons (Fsp3) is 0.667. The third kappa shape index (κ3) is 4.76. The maximum Gasteiger partial charge on any atom is 0.416 e. The molecule has 1 aliphatic rings. The number of sulfone groups is 1. The van der Waals surface area contributed by atoms with Crippen LogP contribution >= 0.6 is 0 Å². The number of halogens is 3. The normalized spacial score (nSPS) is 22.8. The van der Waals surface area contributed by atoms with E-state index in [1.807, 2.05) is 0 Å². The molecule has 2 rings (SSSR count). The molecule has 7 heteroatoms. The Bertz CT molecular complexity index is 691. The minimum Gasteiger partial charge on any atom is -0.312 e. The monoisotopic (exact) mass is 377 g/mol. The summed E-state index contributed by atoms with van der Waals surface area (Å²) in [6.07, 6.45) is -0.342. The second-order valence-corrected chi connectivity index (χ2v) is 10.2. The minimum atomic E-state index is -4.56. The van der Waals surface area contributed by atoms with Crippen molar-refractivity contribution in [3.8, 4) is 0 Å². The summed E-state index contributed by atoms with van der Waals surface area (Å²) in [4.78, 5) is -0.286. The Kier molecular flexibility index (Phi) is 5.88. The van der Waals surface area contributed by atoms with Gasteiger partial charge in [-0.2, -0.15) is 13.2 Å². The van der Waals surface area contributed by atoms with Crippen LogP contribution in [0.3, 0.4) is 0 Å². The van der Waals surface area contributed by atoms with Crippen LogP contribution in [0.4, 0.5) is 13.2 Å². The van der Waals surface area contributed by atoms with E-state index in [1.165, 1.54) is 6.07 Å². The number of hydrogen-bond donors (Lipinski definition) is 1. The Morgan fingerprint density at radius 3 is 2.28 bits per heavy atom. The maximum atomic E-state index is 12.9. The van der Waals surface area contributed by atoms with Gasteiger partial charge in [0.05, 0.1) is 15.2 Å². The van der Waals surface area contributed by atoms with E-state index in [0.717, 1.165) is 43.9 Å². The summed E-state index contributed by atoms with van der Waals surface area (Å²) in [5.74, 6) is 0.694. The topological polar surface area (TPSA) is 46.2 Å². The molecule has 1 fully saturated rings. The van der Waals surface area contributed by atoms with Crippen molar-refractivity contribution in [2.45, 2.75) is 68.3 Å². The fourth-order valence-corrected chi connectivity index (χ4v) is 4.56. The van der Waals surface area contributed by atoms with Crippen molar-refractivity contribution in [3.63, 3.8) is 0 Å². The van der Waals surface area contributed by atoms with Crippen molar-refractivity contribution in [1.29, 1.82) is 0 Å². The van der Waals surface area contributed by atoms with Crippen molar-refractivity contribution < 1.29 is 21.6 Å². The van der Waals surface area contributed by atoms with Gasteiger partial charge < -0.3 is 5.32 Å². The summed E-state index contributed by atoms with van der Waals surface area (Å²) >= 11 is 0. The van der Waals surface area contributed by atoms with E-state index < -0.39 is 26.3 Å². The molecule has 142 valence electrons. The largest absolute Gasteiger partial charge is 0.416 e. The average Bonchev–Trinajstić information content (AvgIpc) is 2.53. The molecule has 0 unspecified atom stereocenters. The molecule has 0 radical (unpaired) electrons. The lowest BCUT2D eigenvalue weighted by Gasteiger charge is -2.31. The number of benzene rings is 1. The van der Waals surface area contributed by atoms with Gasteiger partial charge in [0.1, 0.15) is 0 Å². The molecule has 0 atom stereocenters. The highest BCUT2D eigenvalue weighted by Crippen LogP contribution is 2.33. The van der Waals surface area contributed by atoms with Crippen LogP contribution in [0.5, 0.6) is 0 Å². The first kappa shape index (κ1) is 20.2. The highest BCUT2D eigenvalue weighted by Gasteiger charge is 2.38. The molecule has 0 heterocycles. The fourth-order valence-electron chi connectivity index (χ4n) is 3.11. The van der Waals surface area contributed by atoms with Crippen LogP contribution in [-0.4, -0.2) is 25.8 Å². The van der Waals surface area contributed by atoms with E-state index in [4.69, 9.17) is 0 Å². The molecular weight excluding hydrogens is 351 g/mol. The Balaban J connectivity index is 2.14. The van der Waals surface area contributed by atoms with Gasteiger partial charge in [0.15, 0.2) is 9.84 Å². The van der Waals surface area contributed by atoms with Gasteiger partial charge in [-0.3, -0.25) is 0 Å². The third-order valence-corrected chi connectivity index (χ3v) is 7.51. The van der Waals surface area contributed by atoms with Crippen molar-refractivity contribution in [2.24, 2.45) is 5.92 Å². The summed E-state index contributed by atoms with van der Waals surface area (Å²) < 4.78 is 63.1. The Morgan fingerprint density at radius 2 is 1.72 bits per heavy atom. The summed E-state index contributed by atoms with van der Waals surface area (Å²) in [7, 11) is -3.90. The zero-order chi connectivity index (χ0) is 18.9. The first-order valence-electron chi connectivity index (χ1n) is 8.59. The molecule has 1 N–H and O–H groups in total. The summed E-state index contributed by atoms with van der Waals surface area (Å²) in [5.41, 5.74) is -0.946. The lowest BCUT2D eigenvalue weighted by molar-refractivity contribution is -0.137. The maximum absolute atomic E-state index is 12.9. The standard InChI is InChI=1S/C18H26F3NO2S/c1-13-7-9-15(10-8-13)22-12-17(2,3)25(23,24)16-6-4-5-14(11-16)18(19,20)21/h4-6,11,13,15,22H,7-10,12H2,1-3H3. The predicted octanol–water partition coefficient (Wildman–Crippen LogP) is 4.43. The SMILES string of the molecule is CC1CCC(NCC(C)(C)S(=O)(=O)c2cccc(C(F)(F)F)c2)CC1. The lowest BCUT2D eigenvalue weighted by atomic mass is 9.87. The number of alkyl halides is 3. The van der Waals surface area contributed by atoms with Gasteiger partial charge in [0.25, 0.3) is 0 Å². The van der Waals surface area contributed by atoms with Crippen LogP contribution in [-0.2, 0) is 16.0 Å². The molecule has 0 aliphatic heterocycles. The van der Waals surface area contributed by atoms with Crippen LogP contribution in [0.2, 0.25) is 0 Å². The molecule has 0 saturated heterocycles. The van der Waals surface area contributed by atoms with Gasteiger partial charge in [0, 0.05) is 12.6 Å². The van der Waals surface area contributed by atoms with Gasteiger partial charge in [-0.15, -0.1) is 0 Å². The molecule has 1 aromatic carbocycles. The van der Waals surface area contributed by atoms with Crippen molar-refractivity contribution in [3.05, 3.63) is 29.8 Å². The van der Waals surface area contributed by atoms with Crippen LogP contribution in [0.1, 0.15) is 52.0 Å². The number of hydrogen-bond acceptors (Lipinski definition) is 3. The third-order valence-electron chi connectivity index (χ3n) is 5.03. The predicted molar refractivity (Wildman–Crippen MR) is 92.1 cm³/mol.